The highest BCUT2D eigenvalue weighted by Crippen LogP contribution is 2.72. The fourth-order valence-electron chi connectivity index (χ4n) is 7.79. The van der Waals surface area contributed by atoms with Crippen LogP contribution in [0, 0.1) is 5.92 Å². The summed E-state index contributed by atoms with van der Waals surface area (Å²) in [6, 6.07) is 9.60. The lowest BCUT2D eigenvalue weighted by atomic mass is 9.45. The fourth-order valence-corrected chi connectivity index (χ4v) is 7.79. The Labute approximate surface area is 190 Å². The highest BCUT2D eigenvalue weighted by Gasteiger charge is 2.86. The number of carbonyl (C=O) groups excluding carboxylic acids is 1. The molecule has 1 aromatic heterocycles. The molecule has 5 aliphatic heterocycles. The number of anilines is 1. The first-order valence-corrected chi connectivity index (χ1v) is 12.2. The van der Waals surface area contributed by atoms with Crippen molar-refractivity contribution < 1.29 is 9.28 Å². The fraction of sp³-hybridized carbons (Fsp3) is 0.640. The molecular formula is C25H35N6O+. The number of hydrogen-bond donors (Lipinski definition) is 1. The molecule has 6 heterocycles. The Balaban J connectivity index is 1.22. The average molecular weight is 436 g/mol. The standard InChI is InChI=1S/C25H35N6O/c1-29(2)10-6-9-26-23-20-7-4-5-8-21(20)27-22(28-23)16-30(3)24(32)31-18-11-17-12-19(31)15-25(31,13-17)14-18/h4-5,7-8,17-19H,6,9-16H2,1-3H3,(H,26,27,28)/q+1/t17?,18-,19?,25?,31?/m1/s1. The molecule has 1 spiro atoms. The number of fused-ring (bicyclic) bond motifs is 1. The third kappa shape index (κ3) is 2.70. The van der Waals surface area contributed by atoms with E-state index in [0.717, 1.165) is 52.5 Å². The molecule has 2 saturated carbocycles. The van der Waals surface area contributed by atoms with Gasteiger partial charge in [-0.3, -0.25) is 4.90 Å². The summed E-state index contributed by atoms with van der Waals surface area (Å²) >= 11 is 0. The van der Waals surface area contributed by atoms with Crippen LogP contribution in [0.5, 0.6) is 0 Å². The molecular weight excluding hydrogens is 400 g/mol. The van der Waals surface area contributed by atoms with Gasteiger partial charge in [0, 0.05) is 38.2 Å². The van der Waals surface area contributed by atoms with Crippen molar-refractivity contribution in [2.75, 3.05) is 39.5 Å². The van der Waals surface area contributed by atoms with E-state index in [2.05, 4.69) is 30.4 Å². The van der Waals surface area contributed by atoms with Crippen LogP contribution in [0.4, 0.5) is 10.6 Å². The van der Waals surface area contributed by atoms with Crippen LogP contribution in [-0.2, 0) is 6.54 Å². The number of rotatable bonds is 7. The minimum Gasteiger partial charge on any atom is -0.369 e. The minimum atomic E-state index is 0.283. The van der Waals surface area contributed by atoms with E-state index in [4.69, 9.17) is 9.97 Å². The number of benzene rings is 1. The van der Waals surface area contributed by atoms with Crippen LogP contribution < -0.4 is 5.32 Å². The number of piperidine rings is 4. The van der Waals surface area contributed by atoms with Crippen LogP contribution >= 0.6 is 0 Å². The number of para-hydroxylation sites is 1. The summed E-state index contributed by atoms with van der Waals surface area (Å²) in [6.45, 7) is 2.36. The Morgan fingerprint density at radius 1 is 1.12 bits per heavy atom. The largest absolute Gasteiger partial charge is 0.420 e. The lowest BCUT2D eigenvalue weighted by Crippen LogP contribution is -2.97. The molecule has 7 heteroatoms. The molecule has 7 fully saturated rings. The normalized spacial score (nSPS) is 33.7. The van der Waals surface area contributed by atoms with E-state index in [1.807, 2.05) is 30.1 Å². The average Bonchev–Trinajstić information content (AvgIpc) is 2.75. The SMILES string of the molecule is CN(C)CCCNc1nc(CN(C)C(=O)[N+]23C4CC5C[C@@H]2CC3(C5)C4)nc2ccccc12. The molecule has 7 aliphatic rings. The van der Waals surface area contributed by atoms with Gasteiger partial charge in [0.1, 0.15) is 23.4 Å². The van der Waals surface area contributed by atoms with Gasteiger partial charge in [0.05, 0.1) is 24.9 Å². The summed E-state index contributed by atoms with van der Waals surface area (Å²) in [5.74, 6) is 2.48. The molecule has 7 nitrogen and oxygen atoms in total. The summed E-state index contributed by atoms with van der Waals surface area (Å²) in [6.07, 6.45) is 7.37. The topological polar surface area (TPSA) is 61.4 Å². The van der Waals surface area contributed by atoms with Gasteiger partial charge < -0.3 is 10.2 Å². The van der Waals surface area contributed by atoms with Crippen molar-refractivity contribution in [3.05, 3.63) is 30.1 Å². The number of carbonyl (C=O) groups is 1. The van der Waals surface area contributed by atoms with Gasteiger partial charge in [0.25, 0.3) is 0 Å². The number of aromatic nitrogens is 2. The highest BCUT2D eigenvalue weighted by atomic mass is 16.2. The van der Waals surface area contributed by atoms with E-state index in [1.165, 1.54) is 32.1 Å². The lowest BCUT2D eigenvalue weighted by Gasteiger charge is -2.81. The molecule has 5 atom stereocenters. The van der Waals surface area contributed by atoms with Gasteiger partial charge in [0.2, 0.25) is 0 Å². The van der Waals surface area contributed by atoms with Crippen LogP contribution in [0.15, 0.2) is 24.3 Å². The molecule has 9 rings (SSSR count). The van der Waals surface area contributed by atoms with Crippen molar-refractivity contribution in [3.63, 3.8) is 0 Å². The van der Waals surface area contributed by atoms with Gasteiger partial charge in [-0.1, -0.05) is 12.1 Å². The second kappa shape index (κ2) is 7.12. The van der Waals surface area contributed by atoms with E-state index < -0.39 is 0 Å². The van der Waals surface area contributed by atoms with Gasteiger partial charge in [0.15, 0.2) is 5.82 Å². The number of amides is 2. The Morgan fingerprint density at radius 3 is 2.59 bits per heavy atom. The molecule has 32 heavy (non-hydrogen) atoms. The second-order valence-corrected chi connectivity index (χ2v) is 11.0. The Hall–Kier alpha value is -2.25. The molecule has 4 unspecified atom stereocenters. The van der Waals surface area contributed by atoms with Crippen molar-refractivity contribution in [3.8, 4) is 0 Å². The first-order valence-electron chi connectivity index (χ1n) is 12.2. The van der Waals surface area contributed by atoms with Crippen molar-refractivity contribution in [1.82, 2.24) is 19.8 Å². The maximum atomic E-state index is 13.8. The summed E-state index contributed by atoms with van der Waals surface area (Å²) in [5, 5.41) is 4.55. The van der Waals surface area contributed by atoms with Crippen LogP contribution in [0.25, 0.3) is 10.9 Å². The Kier molecular flexibility index (Phi) is 4.53. The maximum Gasteiger partial charge on any atom is 0.420 e. The number of nitrogens with zero attached hydrogens (tertiary/aromatic N) is 5. The number of hydrogen-bond acceptors (Lipinski definition) is 5. The number of quaternary nitrogens is 1. The zero-order chi connectivity index (χ0) is 22.1. The van der Waals surface area contributed by atoms with Crippen LogP contribution in [-0.4, -0.2) is 82.1 Å². The first kappa shape index (κ1) is 20.4. The van der Waals surface area contributed by atoms with E-state index >= 15 is 0 Å². The minimum absolute atomic E-state index is 0.283. The van der Waals surface area contributed by atoms with Crippen molar-refractivity contribution in [1.29, 1.82) is 0 Å². The van der Waals surface area contributed by atoms with Crippen molar-refractivity contribution >= 4 is 22.8 Å². The van der Waals surface area contributed by atoms with Gasteiger partial charge in [-0.05, 0) is 45.1 Å². The zero-order valence-electron chi connectivity index (χ0n) is 19.5. The van der Waals surface area contributed by atoms with E-state index in [9.17, 15) is 4.79 Å². The molecule has 2 aromatic rings. The maximum absolute atomic E-state index is 13.8. The van der Waals surface area contributed by atoms with Gasteiger partial charge >= 0.3 is 6.03 Å². The van der Waals surface area contributed by atoms with Crippen molar-refractivity contribution in [2.24, 2.45) is 5.92 Å². The summed E-state index contributed by atoms with van der Waals surface area (Å²) in [5.41, 5.74) is 1.22. The van der Waals surface area contributed by atoms with E-state index in [1.54, 1.807) is 0 Å². The smallest absolute Gasteiger partial charge is 0.369 e. The molecule has 0 radical (unpaired) electrons. The molecule has 170 valence electrons. The van der Waals surface area contributed by atoms with Gasteiger partial charge in [-0.2, -0.15) is 0 Å². The third-order valence-electron chi connectivity index (χ3n) is 8.79. The number of nitrogens with one attached hydrogen (secondary N) is 1. The Bertz CT molecular complexity index is 1050. The first-order chi connectivity index (χ1) is 15.4. The molecule has 2 amide bonds. The summed E-state index contributed by atoms with van der Waals surface area (Å²) in [4.78, 5) is 27.6. The molecule has 1 N–H and O–H groups in total. The quantitative estimate of drug-likeness (QED) is 0.533. The van der Waals surface area contributed by atoms with E-state index in [-0.39, 0.29) is 5.54 Å². The summed E-state index contributed by atoms with van der Waals surface area (Å²) < 4.78 is 0.767. The summed E-state index contributed by atoms with van der Waals surface area (Å²) in [7, 11) is 6.14. The predicted octanol–water partition coefficient (Wildman–Crippen LogP) is 3.46. The second-order valence-electron chi connectivity index (χ2n) is 11.0. The monoisotopic (exact) mass is 435 g/mol. The zero-order valence-corrected chi connectivity index (χ0v) is 19.5. The van der Waals surface area contributed by atoms with Crippen LogP contribution in [0.3, 0.4) is 0 Å². The Morgan fingerprint density at radius 2 is 1.88 bits per heavy atom. The molecule has 1 aromatic carbocycles. The van der Waals surface area contributed by atoms with Crippen LogP contribution in [0.2, 0.25) is 0 Å². The molecule has 2 aliphatic carbocycles. The van der Waals surface area contributed by atoms with Gasteiger partial charge in [-0.15, -0.1) is 0 Å². The number of urea groups is 1. The molecule has 5 saturated heterocycles. The highest BCUT2D eigenvalue weighted by molar-refractivity contribution is 5.89. The van der Waals surface area contributed by atoms with Gasteiger partial charge in [-0.25, -0.2) is 19.2 Å². The van der Waals surface area contributed by atoms with Crippen molar-refractivity contribution in [2.45, 2.75) is 62.7 Å². The van der Waals surface area contributed by atoms with E-state index in [0.29, 0.717) is 24.7 Å². The molecule has 5 bridgehead atoms. The third-order valence-corrected chi connectivity index (χ3v) is 8.79. The lowest BCUT2D eigenvalue weighted by molar-refractivity contribution is -1.06. The predicted molar refractivity (Wildman–Crippen MR) is 125 cm³/mol. The van der Waals surface area contributed by atoms with Crippen LogP contribution in [0.1, 0.15) is 44.3 Å².